The molecule has 3 nitrogen and oxygen atoms in total. The van der Waals surface area contributed by atoms with Crippen LogP contribution in [0.2, 0.25) is 0 Å². The number of carbonyl (C=O) groups is 1. The first-order chi connectivity index (χ1) is 10.3. The van der Waals surface area contributed by atoms with Crippen molar-refractivity contribution in [1.29, 1.82) is 0 Å². The summed E-state index contributed by atoms with van der Waals surface area (Å²) in [6.45, 7) is 16.6. The van der Waals surface area contributed by atoms with E-state index in [0.29, 0.717) is 6.54 Å². The maximum absolute atomic E-state index is 12.7. The molecule has 1 saturated heterocycles. The van der Waals surface area contributed by atoms with Crippen LogP contribution in [-0.2, 0) is 5.41 Å². The quantitative estimate of drug-likeness (QED) is 0.799. The number of hydrogen-bond donors (Lipinski definition) is 0. The fraction of sp³-hybridized carbons (Fsp3) is 0.632. The number of nitrogens with zero attached hydrogens (tertiary/aromatic N) is 2. The van der Waals surface area contributed by atoms with Crippen LogP contribution in [0.1, 0.15) is 49.2 Å². The van der Waals surface area contributed by atoms with Gasteiger partial charge in [-0.15, -0.1) is 0 Å². The Balaban J connectivity index is 2.06. The van der Waals surface area contributed by atoms with E-state index in [0.717, 1.165) is 43.9 Å². The van der Waals surface area contributed by atoms with Crippen molar-refractivity contribution in [2.24, 2.45) is 0 Å². The minimum absolute atomic E-state index is 0.0789. The van der Waals surface area contributed by atoms with Gasteiger partial charge in [-0.1, -0.05) is 39.8 Å². The van der Waals surface area contributed by atoms with Crippen LogP contribution in [0.3, 0.4) is 0 Å². The Bertz CT molecular complexity index is 523. The highest BCUT2D eigenvalue weighted by atomic mass is 16.1. The molecule has 0 atom stereocenters. The fourth-order valence-electron chi connectivity index (χ4n) is 2.94. The van der Waals surface area contributed by atoms with E-state index in [4.69, 9.17) is 0 Å². The molecular formula is C19H30N2O. The Kier molecular flexibility index (Phi) is 5.41. The molecule has 0 unspecified atom stereocenters. The van der Waals surface area contributed by atoms with E-state index in [-0.39, 0.29) is 11.2 Å². The topological polar surface area (TPSA) is 23.6 Å². The number of piperazine rings is 1. The molecule has 1 aliphatic heterocycles. The molecule has 0 spiro atoms. The van der Waals surface area contributed by atoms with Gasteiger partial charge >= 0.3 is 0 Å². The number of carbonyl (C=O) groups excluding carboxylic acids is 1. The molecule has 0 radical (unpaired) electrons. The second-order valence-electron chi connectivity index (χ2n) is 7.41. The highest BCUT2D eigenvalue weighted by molar-refractivity contribution is 5.99. The second kappa shape index (κ2) is 6.93. The van der Waals surface area contributed by atoms with Gasteiger partial charge in [0.1, 0.15) is 0 Å². The smallest absolute Gasteiger partial charge is 0.177 e. The van der Waals surface area contributed by atoms with Gasteiger partial charge in [0.2, 0.25) is 0 Å². The van der Waals surface area contributed by atoms with Crippen LogP contribution in [0.15, 0.2) is 18.2 Å². The van der Waals surface area contributed by atoms with Gasteiger partial charge in [-0.05, 0) is 36.1 Å². The lowest BCUT2D eigenvalue weighted by Gasteiger charge is -2.33. The third-order valence-corrected chi connectivity index (χ3v) is 4.68. The predicted octanol–water partition coefficient (Wildman–Crippen LogP) is 3.11. The van der Waals surface area contributed by atoms with E-state index in [1.54, 1.807) is 0 Å². The molecule has 122 valence electrons. The molecule has 3 heteroatoms. The SMILES string of the molecule is CCN1CCN(CC(=O)c2cc(C(C)(C)C)ccc2C)CC1. The first-order valence-corrected chi connectivity index (χ1v) is 8.40. The highest BCUT2D eigenvalue weighted by Crippen LogP contribution is 2.24. The summed E-state index contributed by atoms with van der Waals surface area (Å²) in [4.78, 5) is 17.4. The molecule has 1 aromatic carbocycles. The monoisotopic (exact) mass is 302 g/mol. The molecule has 1 aromatic rings. The van der Waals surface area contributed by atoms with Crippen molar-refractivity contribution in [2.45, 2.75) is 40.0 Å². The van der Waals surface area contributed by atoms with Crippen LogP contribution in [0.4, 0.5) is 0 Å². The normalized spacial score (nSPS) is 17.7. The van der Waals surface area contributed by atoms with E-state index < -0.39 is 0 Å². The van der Waals surface area contributed by atoms with Crippen molar-refractivity contribution >= 4 is 5.78 Å². The minimum atomic E-state index is 0.0789. The molecule has 1 fully saturated rings. The Hall–Kier alpha value is -1.19. The van der Waals surface area contributed by atoms with Crippen LogP contribution in [-0.4, -0.2) is 54.9 Å². The maximum atomic E-state index is 12.7. The number of likely N-dealkylation sites (N-methyl/N-ethyl adjacent to an activating group) is 1. The fourth-order valence-corrected chi connectivity index (χ4v) is 2.94. The number of aryl methyl sites for hydroxylation is 1. The zero-order chi connectivity index (χ0) is 16.3. The number of Topliss-reactive ketones (excluding diaryl/α,β-unsaturated/α-hetero) is 1. The average molecular weight is 302 g/mol. The number of hydrogen-bond acceptors (Lipinski definition) is 3. The summed E-state index contributed by atoms with van der Waals surface area (Å²) in [5.41, 5.74) is 3.29. The first kappa shape index (κ1) is 17.2. The van der Waals surface area contributed by atoms with Crippen molar-refractivity contribution in [3.05, 3.63) is 34.9 Å². The third-order valence-electron chi connectivity index (χ3n) is 4.68. The van der Waals surface area contributed by atoms with Gasteiger partial charge in [0, 0.05) is 31.7 Å². The zero-order valence-corrected chi connectivity index (χ0v) is 14.8. The number of rotatable bonds is 4. The summed E-state index contributed by atoms with van der Waals surface area (Å²) < 4.78 is 0. The molecule has 2 rings (SSSR count). The van der Waals surface area contributed by atoms with Gasteiger partial charge in [-0.2, -0.15) is 0 Å². The van der Waals surface area contributed by atoms with Gasteiger partial charge in [0.25, 0.3) is 0 Å². The molecule has 0 amide bonds. The van der Waals surface area contributed by atoms with Crippen LogP contribution in [0.5, 0.6) is 0 Å². The summed E-state index contributed by atoms with van der Waals surface area (Å²) in [6.07, 6.45) is 0. The molecular weight excluding hydrogens is 272 g/mol. The predicted molar refractivity (Wildman–Crippen MR) is 92.8 cm³/mol. The molecule has 0 aromatic heterocycles. The Labute approximate surface area is 135 Å². The summed E-state index contributed by atoms with van der Waals surface area (Å²) in [6, 6.07) is 6.33. The van der Waals surface area contributed by atoms with Crippen molar-refractivity contribution in [3.8, 4) is 0 Å². The lowest BCUT2D eigenvalue weighted by molar-refractivity contribution is 0.0858. The highest BCUT2D eigenvalue weighted by Gasteiger charge is 2.21. The number of benzene rings is 1. The lowest BCUT2D eigenvalue weighted by Crippen LogP contribution is -2.47. The molecule has 1 heterocycles. The standard InChI is InChI=1S/C19H30N2O/c1-6-20-9-11-21(12-10-20)14-18(22)17-13-16(19(3,4)5)8-7-15(17)2/h7-8,13H,6,9-12,14H2,1-5H3. The van der Waals surface area contributed by atoms with Crippen molar-refractivity contribution in [2.75, 3.05) is 39.3 Å². The molecule has 22 heavy (non-hydrogen) atoms. The summed E-state index contributed by atoms with van der Waals surface area (Å²) in [5.74, 6) is 0.258. The molecule has 0 saturated carbocycles. The van der Waals surface area contributed by atoms with Gasteiger partial charge in [0.15, 0.2) is 5.78 Å². The minimum Gasteiger partial charge on any atom is -0.301 e. The molecule has 1 aliphatic rings. The largest absolute Gasteiger partial charge is 0.301 e. The zero-order valence-electron chi connectivity index (χ0n) is 14.8. The Morgan fingerprint density at radius 1 is 1.09 bits per heavy atom. The summed E-state index contributed by atoms with van der Waals surface area (Å²) in [7, 11) is 0. The van der Waals surface area contributed by atoms with Crippen molar-refractivity contribution in [3.63, 3.8) is 0 Å². The van der Waals surface area contributed by atoms with Gasteiger partial charge in [-0.3, -0.25) is 9.69 Å². The molecule has 0 aliphatic carbocycles. The van der Waals surface area contributed by atoms with Crippen LogP contribution in [0, 0.1) is 6.92 Å². The van der Waals surface area contributed by atoms with E-state index in [2.05, 4.69) is 55.7 Å². The van der Waals surface area contributed by atoms with E-state index in [1.807, 2.05) is 6.92 Å². The van der Waals surface area contributed by atoms with Crippen LogP contribution >= 0.6 is 0 Å². The van der Waals surface area contributed by atoms with E-state index in [9.17, 15) is 4.79 Å². The second-order valence-corrected chi connectivity index (χ2v) is 7.41. The van der Waals surface area contributed by atoms with Gasteiger partial charge < -0.3 is 4.90 Å². The first-order valence-electron chi connectivity index (χ1n) is 8.40. The average Bonchev–Trinajstić information content (AvgIpc) is 2.47. The van der Waals surface area contributed by atoms with Gasteiger partial charge in [-0.25, -0.2) is 0 Å². The Morgan fingerprint density at radius 3 is 2.23 bits per heavy atom. The van der Waals surface area contributed by atoms with Crippen molar-refractivity contribution < 1.29 is 4.79 Å². The van der Waals surface area contributed by atoms with E-state index >= 15 is 0 Å². The molecule has 0 bridgehead atoms. The Morgan fingerprint density at radius 2 is 1.68 bits per heavy atom. The van der Waals surface area contributed by atoms with E-state index in [1.165, 1.54) is 5.56 Å². The van der Waals surface area contributed by atoms with Gasteiger partial charge in [0.05, 0.1) is 6.54 Å². The summed E-state index contributed by atoms with van der Waals surface area (Å²) >= 11 is 0. The molecule has 0 N–H and O–H groups in total. The summed E-state index contributed by atoms with van der Waals surface area (Å²) in [5, 5.41) is 0. The number of ketones is 1. The van der Waals surface area contributed by atoms with Crippen LogP contribution < -0.4 is 0 Å². The maximum Gasteiger partial charge on any atom is 0.177 e. The van der Waals surface area contributed by atoms with Crippen molar-refractivity contribution in [1.82, 2.24) is 9.80 Å². The van der Waals surface area contributed by atoms with Crippen LogP contribution in [0.25, 0.3) is 0 Å². The third kappa shape index (κ3) is 4.17. The lowest BCUT2D eigenvalue weighted by atomic mass is 9.84.